The fraction of sp³-hybridized carbons (Fsp3) is 0.750. The van der Waals surface area contributed by atoms with Crippen molar-refractivity contribution in [1.82, 2.24) is 10.2 Å². The van der Waals surface area contributed by atoms with Crippen LogP contribution >= 0.6 is 0 Å². The average Bonchev–Trinajstić information content (AvgIpc) is 2.81. The highest BCUT2D eigenvalue weighted by molar-refractivity contribution is 5.12. The fourth-order valence-electron chi connectivity index (χ4n) is 2.70. The van der Waals surface area contributed by atoms with Crippen molar-refractivity contribution in [3.05, 3.63) is 23.7 Å². The Morgan fingerprint density at radius 2 is 1.89 bits per heavy atom. The van der Waals surface area contributed by atoms with Crippen LogP contribution in [0.25, 0.3) is 0 Å². The third-order valence-electron chi connectivity index (χ3n) is 3.79. The number of hydrogen-bond donors (Lipinski definition) is 1. The minimum absolute atomic E-state index is 0.928. The first-order valence-corrected chi connectivity index (χ1v) is 7.88. The lowest BCUT2D eigenvalue weighted by molar-refractivity contribution is 0.222. The molecule has 0 aromatic carbocycles. The van der Waals surface area contributed by atoms with Gasteiger partial charge >= 0.3 is 0 Å². The molecule has 1 N–H and O–H groups in total. The van der Waals surface area contributed by atoms with Gasteiger partial charge in [0.15, 0.2) is 0 Å². The Hall–Kier alpha value is -0.800. The van der Waals surface area contributed by atoms with Crippen molar-refractivity contribution in [3.8, 4) is 0 Å². The van der Waals surface area contributed by atoms with Gasteiger partial charge in [0.05, 0.1) is 12.8 Å². The van der Waals surface area contributed by atoms with Crippen LogP contribution < -0.4 is 5.32 Å². The molecule has 0 saturated carbocycles. The monoisotopic (exact) mass is 264 g/mol. The van der Waals surface area contributed by atoms with E-state index in [0.717, 1.165) is 25.4 Å². The molecule has 2 heterocycles. The van der Waals surface area contributed by atoms with Crippen molar-refractivity contribution in [3.63, 3.8) is 0 Å². The summed E-state index contributed by atoms with van der Waals surface area (Å²) in [6.45, 7) is 7.63. The van der Waals surface area contributed by atoms with Gasteiger partial charge in [-0.15, -0.1) is 0 Å². The van der Waals surface area contributed by atoms with Gasteiger partial charge in [-0.25, -0.2) is 0 Å². The predicted molar refractivity (Wildman–Crippen MR) is 79.1 cm³/mol. The molecule has 1 fully saturated rings. The molecule has 0 atom stereocenters. The topological polar surface area (TPSA) is 28.4 Å². The molecule has 0 bridgehead atoms. The molecule has 0 spiro atoms. The Kier molecular flexibility index (Phi) is 6.45. The minimum Gasteiger partial charge on any atom is -0.468 e. The van der Waals surface area contributed by atoms with Crippen molar-refractivity contribution < 1.29 is 4.42 Å². The highest BCUT2D eigenvalue weighted by Gasteiger charge is 2.11. The largest absolute Gasteiger partial charge is 0.468 e. The lowest BCUT2D eigenvalue weighted by Gasteiger charge is -2.23. The summed E-state index contributed by atoms with van der Waals surface area (Å²) in [7, 11) is 0. The first-order valence-electron chi connectivity index (χ1n) is 7.88. The molecule has 1 saturated heterocycles. The van der Waals surface area contributed by atoms with Gasteiger partial charge in [0.25, 0.3) is 0 Å². The van der Waals surface area contributed by atoms with Gasteiger partial charge in [0.2, 0.25) is 0 Å². The molecule has 1 aromatic rings. The van der Waals surface area contributed by atoms with E-state index in [1.54, 1.807) is 0 Å². The lowest BCUT2D eigenvalue weighted by Crippen LogP contribution is -2.26. The SMILES string of the molecule is CCCNCc1coc(CN2CCCCCCC2)c1. The van der Waals surface area contributed by atoms with E-state index in [1.165, 1.54) is 57.2 Å². The van der Waals surface area contributed by atoms with Crippen molar-refractivity contribution >= 4 is 0 Å². The van der Waals surface area contributed by atoms with Crippen molar-refractivity contribution in [1.29, 1.82) is 0 Å². The highest BCUT2D eigenvalue weighted by atomic mass is 16.3. The zero-order chi connectivity index (χ0) is 13.3. The van der Waals surface area contributed by atoms with Crippen LogP contribution in [0.4, 0.5) is 0 Å². The summed E-state index contributed by atoms with van der Waals surface area (Å²) in [5, 5.41) is 3.41. The van der Waals surface area contributed by atoms with E-state index < -0.39 is 0 Å². The molecule has 108 valence electrons. The first-order chi connectivity index (χ1) is 9.38. The number of nitrogens with zero attached hydrogens (tertiary/aromatic N) is 1. The molecule has 2 rings (SSSR count). The smallest absolute Gasteiger partial charge is 0.118 e. The van der Waals surface area contributed by atoms with E-state index in [-0.39, 0.29) is 0 Å². The Morgan fingerprint density at radius 3 is 2.63 bits per heavy atom. The molecule has 0 aliphatic carbocycles. The molecule has 3 heteroatoms. The maximum atomic E-state index is 5.69. The van der Waals surface area contributed by atoms with E-state index in [0.29, 0.717) is 0 Å². The molecule has 1 aliphatic heterocycles. The van der Waals surface area contributed by atoms with Crippen molar-refractivity contribution in [2.75, 3.05) is 19.6 Å². The summed E-state index contributed by atoms with van der Waals surface area (Å²) in [6.07, 6.45) is 9.96. The quantitative estimate of drug-likeness (QED) is 0.797. The number of furan rings is 1. The second kappa shape index (κ2) is 8.39. The summed E-state index contributed by atoms with van der Waals surface area (Å²) in [4.78, 5) is 2.54. The molecular weight excluding hydrogens is 236 g/mol. The normalized spacial score (nSPS) is 18.2. The minimum atomic E-state index is 0.928. The van der Waals surface area contributed by atoms with Gasteiger partial charge in [0.1, 0.15) is 5.76 Å². The van der Waals surface area contributed by atoms with Gasteiger partial charge in [0, 0.05) is 12.1 Å². The summed E-state index contributed by atoms with van der Waals surface area (Å²) < 4.78 is 5.69. The first kappa shape index (κ1) is 14.6. The second-order valence-corrected chi connectivity index (χ2v) is 5.64. The summed E-state index contributed by atoms with van der Waals surface area (Å²) in [5.41, 5.74) is 1.27. The molecule has 1 aromatic heterocycles. The zero-order valence-corrected chi connectivity index (χ0v) is 12.3. The summed E-state index contributed by atoms with van der Waals surface area (Å²) in [6, 6.07) is 2.21. The standard InChI is InChI=1S/C16H28N2O/c1-2-8-17-12-15-11-16(19-14-15)13-18-9-6-4-3-5-7-10-18/h11,14,17H,2-10,12-13H2,1H3. The van der Waals surface area contributed by atoms with E-state index in [2.05, 4.69) is 23.2 Å². The lowest BCUT2D eigenvalue weighted by atomic mass is 10.1. The van der Waals surface area contributed by atoms with E-state index in [4.69, 9.17) is 4.42 Å². The van der Waals surface area contributed by atoms with E-state index in [9.17, 15) is 0 Å². The van der Waals surface area contributed by atoms with Gasteiger partial charge in [-0.1, -0.05) is 26.2 Å². The maximum absolute atomic E-state index is 5.69. The summed E-state index contributed by atoms with van der Waals surface area (Å²) in [5.74, 6) is 1.12. The molecule has 1 aliphatic rings. The van der Waals surface area contributed by atoms with Crippen molar-refractivity contribution in [2.24, 2.45) is 0 Å². The summed E-state index contributed by atoms with van der Waals surface area (Å²) >= 11 is 0. The van der Waals surface area contributed by atoms with Crippen LogP contribution in [0.15, 0.2) is 16.7 Å². The Labute approximate surface area is 117 Å². The van der Waals surface area contributed by atoms with Crippen LogP contribution in [-0.4, -0.2) is 24.5 Å². The molecule has 0 amide bonds. The van der Waals surface area contributed by atoms with Crippen LogP contribution in [-0.2, 0) is 13.1 Å². The predicted octanol–water partition coefficient (Wildman–Crippen LogP) is 3.55. The van der Waals surface area contributed by atoms with Crippen LogP contribution in [0, 0.1) is 0 Å². The van der Waals surface area contributed by atoms with Gasteiger partial charge in [-0.05, 0) is 45.0 Å². The molecule has 3 nitrogen and oxygen atoms in total. The number of hydrogen-bond acceptors (Lipinski definition) is 3. The molecular formula is C16H28N2O. The van der Waals surface area contributed by atoms with Crippen LogP contribution in [0.5, 0.6) is 0 Å². The van der Waals surface area contributed by atoms with Gasteiger partial charge < -0.3 is 9.73 Å². The highest BCUT2D eigenvalue weighted by Crippen LogP contribution is 2.15. The average molecular weight is 264 g/mol. The van der Waals surface area contributed by atoms with E-state index >= 15 is 0 Å². The van der Waals surface area contributed by atoms with Gasteiger partial charge in [-0.3, -0.25) is 4.90 Å². The zero-order valence-electron chi connectivity index (χ0n) is 12.3. The van der Waals surface area contributed by atoms with Crippen LogP contribution in [0.1, 0.15) is 56.8 Å². The second-order valence-electron chi connectivity index (χ2n) is 5.64. The Balaban J connectivity index is 1.77. The fourth-order valence-corrected chi connectivity index (χ4v) is 2.70. The third-order valence-corrected chi connectivity index (χ3v) is 3.79. The molecule has 0 unspecified atom stereocenters. The van der Waals surface area contributed by atoms with Crippen molar-refractivity contribution in [2.45, 2.75) is 58.5 Å². The number of rotatable bonds is 6. The third kappa shape index (κ3) is 5.37. The Bertz CT molecular complexity index is 340. The number of nitrogens with one attached hydrogen (secondary N) is 1. The van der Waals surface area contributed by atoms with E-state index in [1.807, 2.05) is 6.26 Å². The van der Waals surface area contributed by atoms with Crippen LogP contribution in [0.3, 0.4) is 0 Å². The Morgan fingerprint density at radius 1 is 1.16 bits per heavy atom. The maximum Gasteiger partial charge on any atom is 0.118 e. The van der Waals surface area contributed by atoms with Crippen LogP contribution in [0.2, 0.25) is 0 Å². The number of likely N-dealkylation sites (tertiary alicyclic amines) is 1. The molecule has 19 heavy (non-hydrogen) atoms. The molecule has 0 radical (unpaired) electrons. The van der Waals surface area contributed by atoms with Gasteiger partial charge in [-0.2, -0.15) is 0 Å².